The first-order valence-electron chi connectivity index (χ1n) is 22.5. The van der Waals surface area contributed by atoms with Crippen LogP contribution in [0.3, 0.4) is 0 Å². The maximum absolute atomic E-state index is 14.1. The zero-order valence-electron chi connectivity index (χ0n) is 40.2. The standard InChI is InChI=1S/2C27H24N4O5S/c1-17(32)30-20-10-14-22(15-11-20)37(34,35)31-25(18-8-12-21(36-2)13-9-18)23(16-28)24(29)26(31)27(33)19-6-4-3-5-7-19;1-17(32)30-20-10-14-22(15-11-20)37(34,35)31-25(26(33)19-6-4-3-5-7-19)24(23(16-28)27(31)29)18-8-12-21(36-2)13-9-18/h3-15,25-26H,29H2,1-2H3,(H,30,32);3-15,24-25H,29H2,1-2H3,(H,30,32). The molecule has 2 aliphatic rings. The number of nitrogens with two attached hydrogens (primary N) is 2. The maximum Gasteiger partial charge on any atom is 0.266 e. The van der Waals surface area contributed by atoms with Crippen molar-refractivity contribution in [2.75, 3.05) is 24.9 Å². The molecule has 0 radical (unpaired) electrons. The molecule has 4 atom stereocenters. The number of carbonyl (C=O) groups is 4. The number of nitrogens with zero attached hydrogens (tertiary/aromatic N) is 4. The van der Waals surface area contributed by atoms with Crippen molar-refractivity contribution in [2.24, 2.45) is 11.5 Å². The van der Waals surface area contributed by atoms with Crippen LogP contribution in [-0.2, 0) is 29.6 Å². The fraction of sp³-hybridized carbons (Fsp3) is 0.148. The Bertz CT molecular complexity index is 3490. The molecule has 2 heterocycles. The van der Waals surface area contributed by atoms with Crippen molar-refractivity contribution in [3.05, 3.63) is 203 Å². The van der Waals surface area contributed by atoms with Crippen LogP contribution in [0, 0.1) is 22.7 Å². The summed E-state index contributed by atoms with van der Waals surface area (Å²) in [5.74, 6) is -1.84. The van der Waals surface area contributed by atoms with Crippen molar-refractivity contribution in [1.82, 2.24) is 8.61 Å². The zero-order valence-corrected chi connectivity index (χ0v) is 41.8. The molecule has 18 nitrogen and oxygen atoms in total. The summed E-state index contributed by atoms with van der Waals surface area (Å²) in [5, 5.41) is 25.2. The number of hydrogen-bond acceptors (Lipinski definition) is 14. The van der Waals surface area contributed by atoms with Crippen molar-refractivity contribution in [2.45, 2.75) is 47.7 Å². The van der Waals surface area contributed by atoms with Gasteiger partial charge in [0.1, 0.15) is 29.4 Å². The fourth-order valence-electron chi connectivity index (χ4n) is 8.62. The molecule has 6 N–H and O–H groups in total. The van der Waals surface area contributed by atoms with Crippen LogP contribution in [0.5, 0.6) is 11.5 Å². The third kappa shape index (κ3) is 10.6. The molecule has 0 fully saturated rings. The Hall–Kier alpha value is -9.08. The smallest absolute Gasteiger partial charge is 0.266 e. The van der Waals surface area contributed by atoms with Crippen molar-refractivity contribution in [1.29, 1.82) is 10.5 Å². The van der Waals surface area contributed by atoms with Gasteiger partial charge in [0.25, 0.3) is 10.0 Å². The quantitative estimate of drug-likeness (QED) is 0.0819. The van der Waals surface area contributed by atoms with E-state index in [-0.39, 0.29) is 55.4 Å². The van der Waals surface area contributed by atoms with Gasteiger partial charge in [-0.25, -0.2) is 21.1 Å². The predicted octanol–water partition coefficient (Wildman–Crippen LogP) is 6.77. The Kier molecular flexibility index (Phi) is 15.8. The zero-order chi connectivity index (χ0) is 53.5. The van der Waals surface area contributed by atoms with Crippen LogP contribution in [0.25, 0.3) is 0 Å². The van der Waals surface area contributed by atoms with Gasteiger partial charge in [-0.15, -0.1) is 0 Å². The molecular weight excluding hydrogens is 985 g/mol. The van der Waals surface area contributed by atoms with Crippen LogP contribution in [0.15, 0.2) is 190 Å². The molecular formula is C54H48N8O10S2. The molecule has 0 aromatic heterocycles. The van der Waals surface area contributed by atoms with E-state index < -0.39 is 55.7 Å². The first-order chi connectivity index (χ1) is 35.4. The number of nitriles is 2. The summed E-state index contributed by atoms with van der Waals surface area (Å²) < 4.78 is 68.3. The number of carbonyl (C=O) groups excluding carboxylic acids is 4. The number of methoxy groups -OCH3 is 2. The van der Waals surface area contributed by atoms with Gasteiger partial charge < -0.3 is 31.6 Å². The Labute approximate surface area is 427 Å². The summed E-state index contributed by atoms with van der Waals surface area (Å²) in [4.78, 5) is 50.0. The van der Waals surface area contributed by atoms with Gasteiger partial charge in [-0.3, -0.25) is 19.2 Å². The Morgan fingerprint density at radius 2 is 0.973 bits per heavy atom. The van der Waals surface area contributed by atoms with E-state index >= 15 is 0 Å². The monoisotopic (exact) mass is 1030 g/mol. The number of rotatable bonds is 14. The molecule has 6 aromatic rings. The third-order valence-electron chi connectivity index (χ3n) is 12.0. The van der Waals surface area contributed by atoms with Crippen LogP contribution in [0.2, 0.25) is 0 Å². The second-order valence-electron chi connectivity index (χ2n) is 16.7. The third-order valence-corrected chi connectivity index (χ3v) is 15.7. The maximum atomic E-state index is 14.1. The van der Waals surface area contributed by atoms with Crippen molar-refractivity contribution in [3.8, 4) is 23.6 Å². The van der Waals surface area contributed by atoms with Gasteiger partial charge in [0.15, 0.2) is 11.6 Å². The highest BCUT2D eigenvalue weighted by molar-refractivity contribution is 7.89. The number of ether oxygens (including phenoxy) is 2. The number of ketones is 2. The largest absolute Gasteiger partial charge is 0.497 e. The summed E-state index contributed by atoms with van der Waals surface area (Å²) in [7, 11) is -5.76. The lowest BCUT2D eigenvalue weighted by atomic mass is 9.84. The van der Waals surface area contributed by atoms with Crippen LogP contribution in [0.4, 0.5) is 11.4 Å². The molecule has 0 saturated carbocycles. The highest BCUT2D eigenvalue weighted by Gasteiger charge is 2.52. The van der Waals surface area contributed by atoms with E-state index in [0.29, 0.717) is 34.0 Å². The molecule has 2 amide bonds. The fourth-order valence-corrected chi connectivity index (χ4v) is 11.9. The van der Waals surface area contributed by atoms with Crippen molar-refractivity contribution < 1.29 is 45.5 Å². The van der Waals surface area contributed by atoms with Gasteiger partial charge in [0.2, 0.25) is 21.8 Å². The average molecular weight is 1030 g/mol. The molecule has 8 rings (SSSR count). The molecule has 6 aromatic carbocycles. The highest BCUT2D eigenvalue weighted by atomic mass is 32.2. The Balaban J connectivity index is 0.000000216. The van der Waals surface area contributed by atoms with E-state index in [0.717, 1.165) is 8.61 Å². The summed E-state index contributed by atoms with van der Waals surface area (Å²) in [6.45, 7) is 2.68. The number of Topliss-reactive ketones (excluding diaryl/α,β-unsaturated/α-hetero) is 2. The highest BCUT2D eigenvalue weighted by Crippen LogP contribution is 2.46. The van der Waals surface area contributed by atoms with Gasteiger partial charge in [0, 0.05) is 36.3 Å². The summed E-state index contributed by atoms with van der Waals surface area (Å²) in [5.41, 5.74) is 14.8. The number of amides is 2. The Morgan fingerprint density at radius 1 is 0.554 bits per heavy atom. The number of anilines is 2. The second kappa shape index (κ2) is 22.1. The van der Waals surface area contributed by atoms with Crippen molar-refractivity contribution >= 4 is 54.8 Å². The Morgan fingerprint density at radius 3 is 1.39 bits per heavy atom. The molecule has 0 spiro atoms. The van der Waals surface area contributed by atoms with Crippen LogP contribution >= 0.6 is 0 Å². The van der Waals surface area contributed by atoms with E-state index in [4.69, 9.17) is 20.9 Å². The molecule has 4 unspecified atom stereocenters. The average Bonchev–Trinajstić information content (AvgIpc) is 3.89. The second-order valence-corrected chi connectivity index (χ2v) is 20.3. The van der Waals surface area contributed by atoms with E-state index in [1.807, 2.05) is 12.1 Å². The molecule has 376 valence electrons. The first kappa shape index (κ1) is 52.7. The van der Waals surface area contributed by atoms with Crippen molar-refractivity contribution in [3.63, 3.8) is 0 Å². The van der Waals surface area contributed by atoms with Gasteiger partial charge in [-0.1, -0.05) is 84.9 Å². The lowest BCUT2D eigenvalue weighted by molar-refractivity contribution is -0.115. The SMILES string of the molecule is COc1ccc(C2C(C#N)=C(N)C(C(=O)c3ccccc3)N2S(=O)(=O)c2ccc(NC(C)=O)cc2)cc1.COc1ccc(C2C(C#N)=C(N)N(S(=O)(=O)c3ccc(NC(C)=O)cc3)C2C(=O)c2ccccc2)cc1. The molecule has 0 aliphatic carbocycles. The van der Waals surface area contributed by atoms with Crippen LogP contribution < -0.4 is 31.6 Å². The molecule has 0 bridgehead atoms. The molecule has 20 heteroatoms. The number of sulfonamides is 2. The molecule has 74 heavy (non-hydrogen) atoms. The number of benzene rings is 6. The van der Waals surface area contributed by atoms with E-state index in [1.165, 1.54) is 76.6 Å². The van der Waals surface area contributed by atoms with Gasteiger partial charge >= 0.3 is 0 Å². The first-order valence-corrected chi connectivity index (χ1v) is 25.3. The van der Waals surface area contributed by atoms with E-state index in [9.17, 15) is 46.5 Å². The minimum atomic E-state index is -4.39. The van der Waals surface area contributed by atoms with Gasteiger partial charge in [-0.05, 0) is 83.9 Å². The van der Waals surface area contributed by atoms with E-state index in [2.05, 4.69) is 10.6 Å². The van der Waals surface area contributed by atoms with Gasteiger partial charge in [-0.2, -0.15) is 14.8 Å². The van der Waals surface area contributed by atoms with Gasteiger partial charge in [0.05, 0.1) is 65.0 Å². The molecule has 2 aliphatic heterocycles. The minimum Gasteiger partial charge on any atom is -0.497 e. The lowest BCUT2D eigenvalue weighted by Gasteiger charge is -2.30. The van der Waals surface area contributed by atoms with Crippen LogP contribution in [0.1, 0.15) is 57.7 Å². The molecule has 0 saturated heterocycles. The summed E-state index contributed by atoms with van der Waals surface area (Å²) in [6, 6.07) is 40.8. The van der Waals surface area contributed by atoms with Crippen LogP contribution in [-0.4, -0.2) is 75.1 Å². The number of nitrogens with one attached hydrogen (secondary N) is 2. The number of hydrogen-bond donors (Lipinski definition) is 4. The summed E-state index contributed by atoms with van der Waals surface area (Å²) in [6.07, 6.45) is 0. The predicted molar refractivity (Wildman–Crippen MR) is 274 cm³/mol. The van der Waals surface area contributed by atoms with E-state index in [1.54, 1.807) is 109 Å². The minimum absolute atomic E-state index is 0.0297. The lowest BCUT2D eigenvalue weighted by Crippen LogP contribution is -2.45. The summed E-state index contributed by atoms with van der Waals surface area (Å²) >= 11 is 0. The normalized spacial score (nSPS) is 17.5. The topological polar surface area (TPSA) is 285 Å².